The number of anilines is 2. The second kappa shape index (κ2) is 8.84. The first-order chi connectivity index (χ1) is 15.2. The van der Waals surface area contributed by atoms with E-state index in [0.29, 0.717) is 48.1 Å². The molecular weight excluding hydrogens is 452 g/mol. The molecule has 8 nitrogen and oxygen atoms in total. The molecule has 0 unspecified atom stereocenters. The number of benzene rings is 2. The van der Waals surface area contributed by atoms with Crippen LogP contribution >= 0.6 is 11.6 Å². The van der Waals surface area contributed by atoms with Gasteiger partial charge in [-0.1, -0.05) is 22.8 Å². The van der Waals surface area contributed by atoms with Crippen molar-refractivity contribution in [2.75, 3.05) is 35.8 Å². The summed E-state index contributed by atoms with van der Waals surface area (Å²) >= 11 is 6.08. The topological polar surface area (TPSA) is 95.8 Å². The fourth-order valence-electron chi connectivity index (χ4n) is 3.77. The van der Waals surface area contributed by atoms with Crippen LogP contribution in [0.4, 0.5) is 11.4 Å². The van der Waals surface area contributed by atoms with Gasteiger partial charge in [0.25, 0.3) is 15.9 Å². The Morgan fingerprint density at radius 3 is 2.34 bits per heavy atom. The molecule has 1 aliphatic heterocycles. The van der Waals surface area contributed by atoms with E-state index in [1.165, 1.54) is 0 Å². The molecule has 2 heterocycles. The van der Waals surface area contributed by atoms with Crippen molar-refractivity contribution in [3.8, 4) is 0 Å². The number of carbonyl (C=O) groups excluding carboxylic acids is 1. The number of carbonyl (C=O) groups is 1. The third-order valence-electron chi connectivity index (χ3n) is 5.36. The fourth-order valence-corrected chi connectivity index (χ4v) is 5.34. The van der Waals surface area contributed by atoms with Crippen LogP contribution in [0.15, 0.2) is 57.9 Å². The predicted molar refractivity (Wildman–Crippen MR) is 123 cm³/mol. The molecule has 1 saturated heterocycles. The molecule has 0 saturated carbocycles. The fraction of sp³-hybridized carbons (Fsp3) is 0.273. The van der Waals surface area contributed by atoms with Crippen molar-refractivity contribution in [1.29, 1.82) is 0 Å². The van der Waals surface area contributed by atoms with Crippen LogP contribution in [-0.4, -0.2) is 50.6 Å². The molecule has 10 heteroatoms. The first kappa shape index (κ1) is 22.2. The molecule has 1 amide bonds. The maximum absolute atomic E-state index is 12.9. The highest BCUT2D eigenvalue weighted by atomic mass is 35.5. The zero-order valence-electron chi connectivity index (χ0n) is 17.7. The minimum absolute atomic E-state index is 0.0234. The van der Waals surface area contributed by atoms with Crippen LogP contribution in [0, 0.1) is 13.8 Å². The van der Waals surface area contributed by atoms with Gasteiger partial charge in [-0.2, -0.15) is 0 Å². The molecule has 1 aromatic heterocycles. The molecule has 4 rings (SSSR count). The number of hydrogen-bond acceptors (Lipinski definition) is 6. The molecule has 0 atom stereocenters. The van der Waals surface area contributed by atoms with Crippen LogP contribution in [-0.2, 0) is 10.0 Å². The summed E-state index contributed by atoms with van der Waals surface area (Å²) < 4.78 is 32.7. The maximum Gasteiger partial charge on any atom is 0.267 e. The Labute approximate surface area is 191 Å². The monoisotopic (exact) mass is 474 g/mol. The van der Waals surface area contributed by atoms with E-state index in [4.69, 9.17) is 16.1 Å². The summed E-state index contributed by atoms with van der Waals surface area (Å²) in [6, 6.07) is 14.1. The largest absolute Gasteiger partial charge is 0.368 e. The van der Waals surface area contributed by atoms with Crippen molar-refractivity contribution >= 4 is 38.9 Å². The van der Waals surface area contributed by atoms with Crippen LogP contribution in [0.25, 0.3) is 0 Å². The Morgan fingerprint density at radius 2 is 1.75 bits per heavy atom. The van der Waals surface area contributed by atoms with E-state index in [2.05, 4.69) is 14.8 Å². The highest BCUT2D eigenvalue weighted by Gasteiger charge is 2.25. The Hall–Kier alpha value is -3.04. The van der Waals surface area contributed by atoms with Crippen LogP contribution in [0.1, 0.15) is 21.8 Å². The molecule has 0 spiro atoms. The van der Waals surface area contributed by atoms with Gasteiger partial charge < -0.3 is 14.3 Å². The van der Waals surface area contributed by atoms with E-state index in [-0.39, 0.29) is 16.6 Å². The summed E-state index contributed by atoms with van der Waals surface area (Å²) in [5.74, 6) is 0.134. The maximum atomic E-state index is 12.9. The zero-order chi connectivity index (χ0) is 22.9. The molecule has 1 N–H and O–H groups in total. The van der Waals surface area contributed by atoms with Gasteiger partial charge >= 0.3 is 0 Å². The van der Waals surface area contributed by atoms with Gasteiger partial charge in [0.05, 0.1) is 0 Å². The molecule has 168 valence electrons. The summed E-state index contributed by atoms with van der Waals surface area (Å²) in [4.78, 5) is 16.9. The summed E-state index contributed by atoms with van der Waals surface area (Å²) in [6.45, 7) is 5.71. The number of nitrogens with one attached hydrogen (secondary N) is 1. The van der Waals surface area contributed by atoms with Gasteiger partial charge in [-0.05, 0) is 56.3 Å². The third-order valence-corrected chi connectivity index (χ3v) is 7.22. The third kappa shape index (κ3) is 4.58. The number of halogens is 1. The number of hydrogen-bond donors (Lipinski definition) is 1. The predicted octanol–water partition coefficient (Wildman–Crippen LogP) is 3.71. The molecule has 32 heavy (non-hydrogen) atoms. The van der Waals surface area contributed by atoms with E-state index < -0.39 is 10.0 Å². The first-order valence-electron chi connectivity index (χ1n) is 10.1. The number of rotatable bonds is 5. The minimum atomic E-state index is -3.84. The Bertz CT molecular complexity index is 1210. The average molecular weight is 475 g/mol. The molecule has 1 aliphatic rings. The van der Waals surface area contributed by atoms with E-state index >= 15 is 0 Å². The van der Waals surface area contributed by atoms with Crippen LogP contribution in [0.2, 0.25) is 5.02 Å². The Morgan fingerprint density at radius 1 is 1.06 bits per heavy atom. The van der Waals surface area contributed by atoms with Crippen molar-refractivity contribution < 1.29 is 17.7 Å². The molecule has 0 aliphatic carbocycles. The lowest BCUT2D eigenvalue weighted by Gasteiger charge is -2.36. The molecule has 0 radical (unpaired) electrons. The number of sulfonamides is 1. The lowest BCUT2D eigenvalue weighted by molar-refractivity contribution is 0.0747. The summed E-state index contributed by atoms with van der Waals surface area (Å²) in [6.07, 6.45) is 0. The smallest absolute Gasteiger partial charge is 0.267 e. The van der Waals surface area contributed by atoms with Gasteiger partial charge in [0.15, 0.2) is 10.7 Å². The molecule has 1 fully saturated rings. The second-order valence-electron chi connectivity index (χ2n) is 7.60. The van der Waals surface area contributed by atoms with E-state index in [1.807, 2.05) is 24.3 Å². The van der Waals surface area contributed by atoms with Crippen molar-refractivity contribution in [1.82, 2.24) is 10.1 Å². The van der Waals surface area contributed by atoms with Crippen molar-refractivity contribution in [3.05, 3.63) is 70.6 Å². The molecule has 3 aromatic rings. The van der Waals surface area contributed by atoms with Crippen LogP contribution in [0.5, 0.6) is 0 Å². The van der Waals surface area contributed by atoms with Gasteiger partial charge in [0, 0.05) is 48.1 Å². The number of aromatic nitrogens is 1. The van der Waals surface area contributed by atoms with Crippen molar-refractivity contribution in [3.63, 3.8) is 0 Å². The summed E-state index contributed by atoms with van der Waals surface area (Å²) in [7, 11) is -3.84. The summed E-state index contributed by atoms with van der Waals surface area (Å²) in [5, 5.41) is 4.37. The minimum Gasteiger partial charge on any atom is -0.368 e. The standard InChI is InChI=1S/C22H23ClN4O4S/c1-15-21(16(2)31-24-15)32(29,30)25-19-8-6-17(7-9-19)22(28)27-12-10-26(11-13-27)20-5-3-4-18(23)14-20/h3-9,14,25H,10-13H2,1-2H3. The highest BCUT2D eigenvalue weighted by molar-refractivity contribution is 7.92. The van der Waals surface area contributed by atoms with Gasteiger partial charge in [0.2, 0.25) is 0 Å². The quantitative estimate of drug-likeness (QED) is 0.605. The van der Waals surface area contributed by atoms with Gasteiger partial charge in [-0.25, -0.2) is 8.42 Å². The molecule has 0 bridgehead atoms. The van der Waals surface area contributed by atoms with Crippen molar-refractivity contribution in [2.45, 2.75) is 18.7 Å². The normalized spacial score (nSPS) is 14.5. The van der Waals surface area contributed by atoms with Gasteiger partial charge in [0.1, 0.15) is 5.69 Å². The van der Waals surface area contributed by atoms with E-state index in [0.717, 1.165) is 5.69 Å². The van der Waals surface area contributed by atoms with Crippen molar-refractivity contribution in [2.24, 2.45) is 0 Å². The lowest BCUT2D eigenvalue weighted by Crippen LogP contribution is -2.48. The zero-order valence-corrected chi connectivity index (χ0v) is 19.3. The number of piperazine rings is 1. The van der Waals surface area contributed by atoms with E-state index in [1.54, 1.807) is 43.0 Å². The van der Waals surface area contributed by atoms with Crippen LogP contribution in [0.3, 0.4) is 0 Å². The number of nitrogens with zero attached hydrogens (tertiary/aromatic N) is 3. The molecular formula is C22H23ClN4O4S. The molecule has 2 aromatic carbocycles. The highest BCUT2D eigenvalue weighted by Crippen LogP contribution is 2.24. The van der Waals surface area contributed by atoms with Crippen LogP contribution < -0.4 is 9.62 Å². The van der Waals surface area contributed by atoms with Gasteiger partial charge in [-0.15, -0.1) is 0 Å². The second-order valence-corrected chi connectivity index (χ2v) is 9.65. The first-order valence-corrected chi connectivity index (χ1v) is 12.0. The SMILES string of the molecule is Cc1noc(C)c1S(=O)(=O)Nc1ccc(C(=O)N2CCN(c3cccc(Cl)c3)CC2)cc1. The number of amides is 1. The average Bonchev–Trinajstić information content (AvgIpc) is 3.12. The lowest BCUT2D eigenvalue weighted by atomic mass is 10.1. The van der Waals surface area contributed by atoms with E-state index in [9.17, 15) is 13.2 Å². The summed E-state index contributed by atoms with van der Waals surface area (Å²) in [5.41, 5.74) is 2.19. The van der Waals surface area contributed by atoms with Gasteiger partial charge in [-0.3, -0.25) is 9.52 Å². The Kier molecular flexibility index (Phi) is 6.12. The number of aryl methyl sites for hydroxylation is 2. The Balaban J connectivity index is 1.40.